The van der Waals surface area contributed by atoms with Crippen molar-refractivity contribution in [2.75, 3.05) is 20.3 Å². The Morgan fingerprint density at radius 2 is 2.08 bits per heavy atom. The maximum Gasteiger partial charge on any atom is 0.332 e. The van der Waals surface area contributed by atoms with Gasteiger partial charge < -0.3 is 14.8 Å². The van der Waals surface area contributed by atoms with Gasteiger partial charge in [0.2, 0.25) is 0 Å². The zero-order valence-corrected chi connectivity index (χ0v) is 7.75. The van der Waals surface area contributed by atoms with Crippen molar-refractivity contribution < 1.29 is 19.1 Å². The molecule has 0 radical (unpaired) electrons. The maximum atomic E-state index is 10.3. The first kappa shape index (κ1) is 11.6. The fourth-order valence-corrected chi connectivity index (χ4v) is 0.426. The molecule has 0 bridgehead atoms. The molecule has 1 heterocycles. The van der Waals surface area contributed by atoms with Gasteiger partial charge in [0.1, 0.15) is 6.61 Å². The van der Waals surface area contributed by atoms with Crippen molar-refractivity contribution in [1.82, 2.24) is 5.32 Å². The summed E-state index contributed by atoms with van der Waals surface area (Å²) in [5, 5.41) is 2.36. The average Bonchev–Trinajstić information content (AvgIpc) is 2.67. The van der Waals surface area contributed by atoms with Crippen molar-refractivity contribution in [3.8, 4) is 0 Å². The van der Waals surface area contributed by atoms with Crippen LogP contribution in [0.2, 0.25) is 0 Å². The standard InChI is InChI=1S/C5H10O3.C3H3NO/c1-3-8-5(6)4-7-2;1-2-3(5)4-2/h3-4H2,1-2H3;1H2,(H,4,5). The van der Waals surface area contributed by atoms with E-state index in [0.29, 0.717) is 12.3 Å². The molecule has 13 heavy (non-hydrogen) atoms. The first-order chi connectivity index (χ1) is 6.11. The molecule has 74 valence electrons. The Morgan fingerprint density at radius 3 is 2.31 bits per heavy atom. The van der Waals surface area contributed by atoms with E-state index in [4.69, 9.17) is 0 Å². The van der Waals surface area contributed by atoms with Gasteiger partial charge in [0, 0.05) is 7.11 Å². The average molecular weight is 187 g/mol. The number of ether oxygens (including phenoxy) is 2. The number of hydrogen-bond acceptors (Lipinski definition) is 4. The zero-order chi connectivity index (χ0) is 10.3. The largest absolute Gasteiger partial charge is 0.464 e. The molecule has 0 aliphatic carbocycles. The lowest BCUT2D eigenvalue weighted by atomic mass is 10.7. The van der Waals surface area contributed by atoms with Gasteiger partial charge in [-0.1, -0.05) is 6.58 Å². The minimum Gasteiger partial charge on any atom is -0.464 e. The molecule has 1 rings (SSSR count). The van der Waals surface area contributed by atoms with E-state index in [-0.39, 0.29) is 18.5 Å². The number of methoxy groups -OCH3 is 1. The molecule has 1 aliphatic rings. The quantitative estimate of drug-likeness (QED) is 0.378. The molecule has 0 atom stereocenters. The highest BCUT2D eigenvalue weighted by Gasteiger charge is 2.20. The van der Waals surface area contributed by atoms with Crippen LogP contribution in [0.15, 0.2) is 12.3 Å². The molecule has 5 heteroatoms. The summed E-state index contributed by atoms with van der Waals surface area (Å²) in [6.07, 6.45) is 0. The van der Waals surface area contributed by atoms with Crippen LogP contribution in [0, 0.1) is 0 Å². The molecule has 0 saturated carbocycles. The number of esters is 1. The summed E-state index contributed by atoms with van der Waals surface area (Å²) < 4.78 is 9.00. The van der Waals surface area contributed by atoms with E-state index in [1.165, 1.54) is 7.11 Å². The van der Waals surface area contributed by atoms with Gasteiger partial charge in [-0.3, -0.25) is 4.79 Å². The first-order valence-electron chi connectivity index (χ1n) is 3.76. The number of hydrogen-bond donors (Lipinski definition) is 1. The van der Waals surface area contributed by atoms with E-state index in [1.807, 2.05) is 0 Å². The lowest BCUT2D eigenvalue weighted by Gasteiger charge is -1.97. The molecule has 0 aromatic rings. The van der Waals surface area contributed by atoms with Gasteiger partial charge in [-0.25, -0.2) is 4.79 Å². The minimum absolute atomic E-state index is 0.0231. The topological polar surface area (TPSA) is 74.5 Å². The third-order valence-corrected chi connectivity index (χ3v) is 1.04. The third-order valence-electron chi connectivity index (χ3n) is 1.04. The van der Waals surface area contributed by atoms with Gasteiger partial charge in [0.15, 0.2) is 0 Å². The molecule has 0 spiro atoms. The second-order valence-corrected chi connectivity index (χ2v) is 2.17. The molecule has 0 aromatic carbocycles. The summed E-state index contributed by atoms with van der Waals surface area (Å²) in [5.41, 5.74) is 0.532. The highest BCUT2D eigenvalue weighted by Crippen LogP contribution is 1.96. The van der Waals surface area contributed by atoms with E-state index >= 15 is 0 Å². The van der Waals surface area contributed by atoms with Gasteiger partial charge in [0.05, 0.1) is 12.3 Å². The van der Waals surface area contributed by atoms with Crippen molar-refractivity contribution in [3.05, 3.63) is 12.3 Å². The number of amides is 1. The van der Waals surface area contributed by atoms with Gasteiger partial charge in [-0.15, -0.1) is 0 Å². The second-order valence-electron chi connectivity index (χ2n) is 2.17. The van der Waals surface area contributed by atoms with E-state index in [9.17, 15) is 9.59 Å². The summed E-state index contributed by atoms with van der Waals surface area (Å²) in [6, 6.07) is 0. The van der Waals surface area contributed by atoms with E-state index in [0.717, 1.165) is 0 Å². The molecule has 0 unspecified atom stereocenters. The summed E-state index contributed by atoms with van der Waals surface area (Å²) in [6.45, 7) is 5.51. The maximum absolute atomic E-state index is 10.3. The molecule has 1 fully saturated rings. The predicted molar refractivity (Wildman–Crippen MR) is 45.8 cm³/mol. The van der Waals surface area contributed by atoms with Crippen molar-refractivity contribution in [1.29, 1.82) is 0 Å². The lowest BCUT2D eigenvalue weighted by Crippen LogP contribution is -2.10. The Balaban J connectivity index is 0.000000243. The van der Waals surface area contributed by atoms with Crippen molar-refractivity contribution in [3.63, 3.8) is 0 Å². The molecular weight excluding hydrogens is 174 g/mol. The summed E-state index contributed by atoms with van der Waals surface area (Å²) in [4.78, 5) is 20.0. The summed E-state index contributed by atoms with van der Waals surface area (Å²) in [7, 11) is 1.46. The van der Waals surface area contributed by atoms with Crippen LogP contribution in [0.25, 0.3) is 0 Å². The Kier molecular flexibility index (Phi) is 5.54. The van der Waals surface area contributed by atoms with Gasteiger partial charge in [-0.05, 0) is 6.92 Å². The van der Waals surface area contributed by atoms with Crippen LogP contribution in [0.1, 0.15) is 6.92 Å². The molecule has 0 aromatic heterocycles. The number of rotatable bonds is 3. The van der Waals surface area contributed by atoms with Crippen molar-refractivity contribution in [2.45, 2.75) is 6.92 Å². The van der Waals surface area contributed by atoms with Crippen LogP contribution >= 0.6 is 0 Å². The predicted octanol–water partition coefficient (Wildman–Crippen LogP) is -0.174. The van der Waals surface area contributed by atoms with Crippen molar-refractivity contribution in [2.24, 2.45) is 0 Å². The summed E-state index contributed by atoms with van der Waals surface area (Å²) in [5.74, 6) is -0.333. The smallest absolute Gasteiger partial charge is 0.332 e. The monoisotopic (exact) mass is 187 g/mol. The van der Waals surface area contributed by atoms with Crippen molar-refractivity contribution >= 4 is 11.9 Å². The zero-order valence-electron chi connectivity index (χ0n) is 7.75. The van der Waals surface area contributed by atoms with Gasteiger partial charge in [-0.2, -0.15) is 0 Å². The minimum atomic E-state index is -0.310. The fourth-order valence-electron chi connectivity index (χ4n) is 0.426. The lowest BCUT2D eigenvalue weighted by molar-refractivity contribution is -0.147. The number of carbonyl (C=O) groups excluding carboxylic acids is 2. The first-order valence-corrected chi connectivity index (χ1v) is 3.76. The van der Waals surface area contributed by atoms with Crippen LogP contribution in [-0.2, 0) is 19.1 Å². The van der Waals surface area contributed by atoms with E-state index in [2.05, 4.69) is 21.4 Å². The van der Waals surface area contributed by atoms with E-state index < -0.39 is 0 Å². The van der Waals surface area contributed by atoms with Crippen LogP contribution < -0.4 is 5.32 Å². The summed E-state index contributed by atoms with van der Waals surface area (Å²) >= 11 is 0. The molecular formula is C8H13NO4. The highest BCUT2D eigenvalue weighted by atomic mass is 16.6. The van der Waals surface area contributed by atoms with Crippen LogP contribution in [-0.4, -0.2) is 32.2 Å². The SMILES string of the molecule is C=C1NC1=O.CCOC(=O)COC. The Labute approximate surface area is 76.7 Å². The molecule has 1 aliphatic heterocycles. The third kappa shape index (κ3) is 7.02. The molecule has 5 nitrogen and oxygen atoms in total. The van der Waals surface area contributed by atoms with Crippen LogP contribution in [0.5, 0.6) is 0 Å². The van der Waals surface area contributed by atoms with E-state index in [1.54, 1.807) is 6.92 Å². The Hall–Kier alpha value is -1.36. The number of carbonyl (C=O) groups is 2. The fraction of sp³-hybridized carbons (Fsp3) is 0.500. The van der Waals surface area contributed by atoms with Gasteiger partial charge in [0.25, 0.3) is 5.91 Å². The molecule has 1 N–H and O–H groups in total. The Morgan fingerprint density at radius 1 is 1.62 bits per heavy atom. The normalized spacial score (nSPS) is 12.5. The van der Waals surface area contributed by atoms with Crippen LogP contribution in [0.3, 0.4) is 0 Å². The Bertz CT molecular complexity index is 192. The molecule has 1 saturated heterocycles. The van der Waals surface area contributed by atoms with Crippen LogP contribution in [0.4, 0.5) is 0 Å². The highest BCUT2D eigenvalue weighted by molar-refractivity contribution is 6.09. The second kappa shape index (κ2) is 6.19. The number of nitrogens with one attached hydrogen (secondary N) is 1. The molecule has 1 amide bonds. The van der Waals surface area contributed by atoms with Gasteiger partial charge >= 0.3 is 5.97 Å².